The zero-order valence-electron chi connectivity index (χ0n) is 19.6. The third-order valence-electron chi connectivity index (χ3n) is 5.51. The summed E-state index contributed by atoms with van der Waals surface area (Å²) in [5, 5.41) is 3.00. The molecule has 0 spiro atoms. The Labute approximate surface area is 200 Å². The number of carbonyl (C=O) groups excluding carboxylic acids is 1. The summed E-state index contributed by atoms with van der Waals surface area (Å²) in [6.45, 7) is 2.70. The number of carbonyl (C=O) groups is 1. The molecular weight excluding hydrogens is 450 g/mol. The number of pyridine rings is 2. The van der Waals surface area contributed by atoms with Gasteiger partial charge in [0.15, 0.2) is 0 Å². The predicted octanol–water partition coefficient (Wildman–Crippen LogP) is 1.88. The number of nitrogens with one attached hydrogen (secondary N) is 1. The molecule has 180 valence electrons. The lowest BCUT2D eigenvalue weighted by atomic mass is 10.2. The second-order valence-corrected chi connectivity index (χ2v) is 7.79. The summed E-state index contributed by atoms with van der Waals surface area (Å²) >= 11 is 0. The van der Waals surface area contributed by atoms with Crippen LogP contribution in [0.3, 0.4) is 0 Å². The first-order valence-corrected chi connectivity index (χ1v) is 11.0. The Morgan fingerprint density at radius 3 is 2.43 bits per heavy atom. The number of hydrogen-bond acceptors (Lipinski definition) is 7. The van der Waals surface area contributed by atoms with Gasteiger partial charge < -0.3 is 14.8 Å². The lowest BCUT2D eigenvalue weighted by Gasteiger charge is -2.12. The smallest absolute Gasteiger partial charge is 0.331 e. The highest BCUT2D eigenvalue weighted by Gasteiger charge is 2.15. The maximum Gasteiger partial charge on any atom is 0.331 e. The standard InChI is InChI=1S/C25H25N5O5/c1-4-35-22-10-7-17(12-27-22)13-28-23(31)20-11-19-21(14-26-20)29(2)25(33)30(24(19)32)15-16-5-8-18(34-3)9-6-16/h5-12,14H,4,13,15H2,1-3H3,(H,28,31). The number of rotatable bonds is 8. The normalized spacial score (nSPS) is 10.8. The largest absolute Gasteiger partial charge is 0.497 e. The summed E-state index contributed by atoms with van der Waals surface area (Å²) in [6.07, 6.45) is 2.98. The monoisotopic (exact) mass is 475 g/mol. The summed E-state index contributed by atoms with van der Waals surface area (Å²) < 4.78 is 13.0. The van der Waals surface area contributed by atoms with Gasteiger partial charge in [-0.15, -0.1) is 0 Å². The number of fused-ring (bicyclic) bond motifs is 1. The number of hydrogen-bond donors (Lipinski definition) is 1. The number of methoxy groups -OCH3 is 1. The van der Waals surface area contributed by atoms with Crippen molar-refractivity contribution in [3.63, 3.8) is 0 Å². The molecule has 10 heteroatoms. The fourth-order valence-corrected chi connectivity index (χ4v) is 3.60. The second kappa shape index (κ2) is 10.2. The summed E-state index contributed by atoms with van der Waals surface area (Å²) in [7, 11) is 3.13. The minimum Gasteiger partial charge on any atom is -0.497 e. The van der Waals surface area contributed by atoms with Crippen LogP contribution < -0.4 is 26.0 Å². The van der Waals surface area contributed by atoms with Gasteiger partial charge in [-0.2, -0.15) is 0 Å². The second-order valence-electron chi connectivity index (χ2n) is 7.79. The van der Waals surface area contributed by atoms with E-state index in [9.17, 15) is 14.4 Å². The van der Waals surface area contributed by atoms with E-state index in [2.05, 4.69) is 15.3 Å². The molecule has 0 saturated carbocycles. The van der Waals surface area contributed by atoms with Gasteiger partial charge in [-0.25, -0.2) is 14.8 Å². The lowest BCUT2D eigenvalue weighted by molar-refractivity contribution is 0.0946. The van der Waals surface area contributed by atoms with Crippen LogP contribution >= 0.6 is 0 Å². The van der Waals surface area contributed by atoms with Crippen LogP contribution in [0.5, 0.6) is 11.6 Å². The predicted molar refractivity (Wildman–Crippen MR) is 130 cm³/mol. The first kappa shape index (κ1) is 23.7. The molecule has 4 aromatic rings. The van der Waals surface area contributed by atoms with Crippen molar-refractivity contribution in [2.24, 2.45) is 7.05 Å². The Bertz CT molecular complexity index is 1470. The molecule has 10 nitrogen and oxygen atoms in total. The number of benzene rings is 1. The third kappa shape index (κ3) is 5.06. The molecule has 3 heterocycles. The highest BCUT2D eigenvalue weighted by Crippen LogP contribution is 2.13. The van der Waals surface area contributed by atoms with E-state index < -0.39 is 17.2 Å². The van der Waals surface area contributed by atoms with Gasteiger partial charge in [-0.05, 0) is 36.2 Å². The molecule has 3 aromatic heterocycles. The van der Waals surface area contributed by atoms with Crippen LogP contribution in [0.1, 0.15) is 28.5 Å². The maximum absolute atomic E-state index is 13.2. The Hall–Kier alpha value is -4.47. The summed E-state index contributed by atoms with van der Waals surface area (Å²) in [4.78, 5) is 47.1. The first-order valence-electron chi connectivity index (χ1n) is 11.0. The van der Waals surface area contributed by atoms with Gasteiger partial charge >= 0.3 is 5.69 Å². The number of aryl methyl sites for hydroxylation is 1. The van der Waals surface area contributed by atoms with E-state index >= 15 is 0 Å². The lowest BCUT2D eigenvalue weighted by Crippen LogP contribution is -2.39. The van der Waals surface area contributed by atoms with Gasteiger partial charge in [0.1, 0.15) is 11.4 Å². The molecule has 0 aliphatic heterocycles. The molecule has 35 heavy (non-hydrogen) atoms. The molecule has 0 aliphatic carbocycles. The Balaban J connectivity index is 1.59. The van der Waals surface area contributed by atoms with Crippen molar-refractivity contribution in [3.8, 4) is 11.6 Å². The molecule has 0 atom stereocenters. The number of aromatic nitrogens is 4. The molecule has 1 N–H and O–H groups in total. The van der Waals surface area contributed by atoms with Crippen molar-refractivity contribution in [3.05, 3.63) is 92.5 Å². The van der Waals surface area contributed by atoms with E-state index in [-0.39, 0.29) is 24.2 Å². The van der Waals surface area contributed by atoms with Crippen molar-refractivity contribution in [1.82, 2.24) is 24.4 Å². The van der Waals surface area contributed by atoms with Gasteiger partial charge in [-0.1, -0.05) is 18.2 Å². The molecule has 0 unspecified atom stereocenters. The fraction of sp³-hybridized carbons (Fsp3) is 0.240. The molecular formula is C25H25N5O5. The first-order chi connectivity index (χ1) is 16.9. The molecule has 0 radical (unpaired) electrons. The van der Waals surface area contributed by atoms with Gasteiger partial charge in [0.25, 0.3) is 11.5 Å². The van der Waals surface area contributed by atoms with Gasteiger partial charge in [0, 0.05) is 25.9 Å². The van der Waals surface area contributed by atoms with Gasteiger partial charge in [-0.3, -0.25) is 18.7 Å². The van der Waals surface area contributed by atoms with Crippen molar-refractivity contribution in [1.29, 1.82) is 0 Å². The molecule has 0 fully saturated rings. The molecule has 1 aromatic carbocycles. The minimum absolute atomic E-state index is 0.0724. The van der Waals surface area contributed by atoms with E-state index in [0.717, 1.165) is 15.7 Å². The molecule has 0 bridgehead atoms. The average molecular weight is 476 g/mol. The Morgan fingerprint density at radius 1 is 1.03 bits per heavy atom. The fourth-order valence-electron chi connectivity index (χ4n) is 3.60. The summed E-state index contributed by atoms with van der Waals surface area (Å²) in [6, 6.07) is 12.0. The number of ether oxygens (including phenoxy) is 2. The topological polar surface area (TPSA) is 117 Å². The van der Waals surface area contributed by atoms with Crippen LogP contribution in [0.25, 0.3) is 10.9 Å². The van der Waals surface area contributed by atoms with E-state index in [4.69, 9.17) is 9.47 Å². The number of amides is 1. The Morgan fingerprint density at radius 2 is 1.77 bits per heavy atom. The highest BCUT2D eigenvalue weighted by molar-refractivity contribution is 5.95. The molecule has 0 saturated heterocycles. The van der Waals surface area contributed by atoms with Crippen LogP contribution in [0.15, 0.2) is 64.4 Å². The minimum atomic E-state index is -0.494. The van der Waals surface area contributed by atoms with Gasteiger partial charge in [0.2, 0.25) is 5.88 Å². The van der Waals surface area contributed by atoms with Crippen molar-refractivity contribution >= 4 is 16.8 Å². The van der Waals surface area contributed by atoms with Crippen molar-refractivity contribution < 1.29 is 14.3 Å². The molecule has 0 aliphatic rings. The van der Waals surface area contributed by atoms with Crippen LogP contribution in [-0.4, -0.2) is 38.7 Å². The summed E-state index contributed by atoms with van der Waals surface area (Å²) in [5.41, 5.74) is 1.000. The average Bonchev–Trinajstić information content (AvgIpc) is 2.89. The molecule has 1 amide bonds. The number of nitrogens with zero attached hydrogens (tertiary/aromatic N) is 4. The quantitative estimate of drug-likeness (QED) is 0.413. The zero-order chi connectivity index (χ0) is 24.9. The SMILES string of the molecule is CCOc1ccc(CNC(=O)c2cc3c(=O)n(Cc4ccc(OC)cc4)c(=O)n(C)c3cn2)cn1. The van der Waals surface area contributed by atoms with Gasteiger partial charge in [0.05, 0.1) is 37.4 Å². The zero-order valence-corrected chi connectivity index (χ0v) is 19.6. The molecule has 4 rings (SSSR count). The van der Waals surface area contributed by atoms with Crippen LogP contribution in [0, 0.1) is 0 Å². The van der Waals surface area contributed by atoms with Crippen molar-refractivity contribution in [2.75, 3.05) is 13.7 Å². The van der Waals surface area contributed by atoms with E-state index in [1.807, 2.05) is 6.92 Å². The van der Waals surface area contributed by atoms with E-state index in [1.54, 1.807) is 56.8 Å². The van der Waals surface area contributed by atoms with Crippen LogP contribution in [0.2, 0.25) is 0 Å². The maximum atomic E-state index is 13.2. The van der Waals surface area contributed by atoms with Crippen LogP contribution in [0.4, 0.5) is 0 Å². The Kier molecular flexibility index (Phi) is 6.91. The van der Waals surface area contributed by atoms with Crippen molar-refractivity contribution in [2.45, 2.75) is 20.0 Å². The van der Waals surface area contributed by atoms with E-state index in [0.29, 0.717) is 23.8 Å². The summed E-state index contributed by atoms with van der Waals surface area (Å²) in [5.74, 6) is 0.737. The van der Waals surface area contributed by atoms with E-state index in [1.165, 1.54) is 16.8 Å². The third-order valence-corrected chi connectivity index (χ3v) is 5.51. The highest BCUT2D eigenvalue weighted by atomic mass is 16.5. The van der Waals surface area contributed by atoms with Crippen LogP contribution in [-0.2, 0) is 20.1 Å².